The second-order valence-electron chi connectivity index (χ2n) is 6.55. The molecular formula is C19H23FN2O3S. The fraction of sp³-hybridized carbons (Fsp3) is 0.316. The molecule has 0 heterocycles. The highest BCUT2D eigenvalue weighted by Crippen LogP contribution is 2.24. The van der Waals surface area contributed by atoms with Gasteiger partial charge in [0.2, 0.25) is 5.91 Å². The molecule has 0 aliphatic heterocycles. The molecule has 0 spiro atoms. The van der Waals surface area contributed by atoms with Gasteiger partial charge in [0.25, 0.3) is 10.0 Å². The van der Waals surface area contributed by atoms with E-state index < -0.39 is 15.8 Å². The highest BCUT2D eigenvalue weighted by molar-refractivity contribution is 7.92. The van der Waals surface area contributed by atoms with Crippen LogP contribution in [0.5, 0.6) is 0 Å². The van der Waals surface area contributed by atoms with E-state index in [1.165, 1.54) is 24.3 Å². The molecule has 2 aromatic carbocycles. The van der Waals surface area contributed by atoms with Gasteiger partial charge in [-0.05, 0) is 49.1 Å². The Morgan fingerprint density at radius 2 is 1.85 bits per heavy atom. The highest BCUT2D eigenvalue weighted by atomic mass is 32.2. The number of amides is 1. The molecule has 0 aromatic heterocycles. The number of halogens is 1. The molecule has 0 atom stereocenters. The highest BCUT2D eigenvalue weighted by Gasteiger charge is 2.19. The number of hydrogen-bond acceptors (Lipinski definition) is 3. The Bertz CT molecular complexity index is 895. The first-order valence-corrected chi connectivity index (χ1v) is 9.85. The molecular weight excluding hydrogens is 355 g/mol. The first kappa shape index (κ1) is 19.9. The molecule has 0 saturated heterocycles. The largest absolute Gasteiger partial charge is 0.326 e. The minimum atomic E-state index is -3.99. The number of para-hydroxylation sites is 1. The van der Waals surface area contributed by atoms with Gasteiger partial charge in [-0.2, -0.15) is 0 Å². The van der Waals surface area contributed by atoms with Crippen molar-refractivity contribution in [3.63, 3.8) is 0 Å². The predicted octanol–water partition coefficient (Wildman–Crippen LogP) is 4.31. The smallest absolute Gasteiger partial charge is 0.262 e. The number of carbonyl (C=O) groups is 1. The van der Waals surface area contributed by atoms with Crippen molar-refractivity contribution in [2.75, 3.05) is 10.0 Å². The second kappa shape index (κ2) is 8.31. The van der Waals surface area contributed by atoms with Gasteiger partial charge in [0, 0.05) is 12.1 Å². The van der Waals surface area contributed by atoms with Crippen molar-refractivity contribution in [3.05, 3.63) is 53.8 Å². The van der Waals surface area contributed by atoms with Gasteiger partial charge in [-0.3, -0.25) is 9.52 Å². The number of sulfonamides is 1. The van der Waals surface area contributed by atoms with Crippen LogP contribution in [0.4, 0.5) is 15.8 Å². The molecule has 0 unspecified atom stereocenters. The number of anilines is 2. The minimum absolute atomic E-state index is 0.0117. The molecule has 0 fully saturated rings. The first-order chi connectivity index (χ1) is 12.2. The van der Waals surface area contributed by atoms with Gasteiger partial charge in [-0.15, -0.1) is 0 Å². The average molecular weight is 378 g/mol. The Balaban J connectivity index is 2.23. The summed E-state index contributed by atoms with van der Waals surface area (Å²) in [6.07, 6.45) is 1.11. The van der Waals surface area contributed by atoms with Crippen LogP contribution in [-0.4, -0.2) is 14.3 Å². The number of aryl methyl sites for hydroxylation is 1. The lowest BCUT2D eigenvalue weighted by molar-refractivity contribution is -0.116. The van der Waals surface area contributed by atoms with Crippen molar-refractivity contribution in [2.45, 2.75) is 38.5 Å². The van der Waals surface area contributed by atoms with Gasteiger partial charge in [0.15, 0.2) is 0 Å². The van der Waals surface area contributed by atoms with E-state index in [1.54, 1.807) is 25.1 Å². The third kappa shape index (κ3) is 5.29. The maximum atomic E-state index is 13.8. The summed E-state index contributed by atoms with van der Waals surface area (Å²) in [5.41, 5.74) is 0.755. The van der Waals surface area contributed by atoms with Crippen molar-refractivity contribution in [1.82, 2.24) is 0 Å². The number of nitrogens with one attached hydrogen (secondary N) is 2. The van der Waals surface area contributed by atoms with Crippen LogP contribution in [0.2, 0.25) is 0 Å². The van der Waals surface area contributed by atoms with E-state index in [-0.39, 0.29) is 16.5 Å². The van der Waals surface area contributed by atoms with Gasteiger partial charge in [0.05, 0.1) is 10.6 Å². The Hall–Kier alpha value is -2.41. The molecule has 0 aliphatic rings. The van der Waals surface area contributed by atoms with E-state index in [0.717, 1.165) is 6.42 Å². The lowest BCUT2D eigenvalue weighted by atomic mass is 10.1. The Labute approximate surface area is 153 Å². The first-order valence-electron chi connectivity index (χ1n) is 8.37. The lowest BCUT2D eigenvalue weighted by Gasteiger charge is -2.13. The number of hydrogen-bond donors (Lipinski definition) is 2. The SMILES string of the molecule is Cc1ccc(NC(=O)CCC(C)C)cc1S(=O)(=O)Nc1ccccc1F. The monoisotopic (exact) mass is 378 g/mol. The fourth-order valence-corrected chi connectivity index (χ4v) is 3.69. The van der Waals surface area contributed by atoms with Crippen LogP contribution < -0.4 is 10.0 Å². The van der Waals surface area contributed by atoms with Gasteiger partial charge >= 0.3 is 0 Å². The molecule has 0 radical (unpaired) electrons. The Kier molecular flexibility index (Phi) is 6.37. The molecule has 0 saturated carbocycles. The van der Waals surface area contributed by atoms with Crippen molar-refractivity contribution in [1.29, 1.82) is 0 Å². The Morgan fingerprint density at radius 1 is 1.15 bits per heavy atom. The minimum Gasteiger partial charge on any atom is -0.326 e. The zero-order chi connectivity index (χ0) is 19.3. The van der Waals surface area contributed by atoms with Crippen LogP contribution >= 0.6 is 0 Å². The van der Waals surface area contributed by atoms with Crippen LogP contribution in [0.3, 0.4) is 0 Å². The number of benzene rings is 2. The topological polar surface area (TPSA) is 75.3 Å². The summed E-state index contributed by atoms with van der Waals surface area (Å²) in [4.78, 5) is 12.0. The number of rotatable bonds is 7. The quantitative estimate of drug-likeness (QED) is 0.754. The maximum absolute atomic E-state index is 13.8. The van der Waals surface area contributed by atoms with Crippen LogP contribution in [0.1, 0.15) is 32.3 Å². The molecule has 1 amide bonds. The zero-order valence-electron chi connectivity index (χ0n) is 15.0. The zero-order valence-corrected chi connectivity index (χ0v) is 15.9. The summed E-state index contributed by atoms with van der Waals surface area (Å²) < 4.78 is 41.3. The molecule has 2 N–H and O–H groups in total. The fourth-order valence-electron chi connectivity index (χ4n) is 2.35. The van der Waals surface area contributed by atoms with Crippen molar-refractivity contribution < 1.29 is 17.6 Å². The van der Waals surface area contributed by atoms with E-state index in [9.17, 15) is 17.6 Å². The maximum Gasteiger partial charge on any atom is 0.262 e. The average Bonchev–Trinajstić information content (AvgIpc) is 2.56. The summed E-state index contributed by atoms with van der Waals surface area (Å²) >= 11 is 0. The van der Waals surface area contributed by atoms with E-state index in [1.807, 2.05) is 13.8 Å². The standard InChI is InChI=1S/C19H23FN2O3S/c1-13(2)8-11-19(23)21-15-10-9-14(3)18(12-15)26(24,25)22-17-7-5-4-6-16(17)20/h4-7,9-10,12-13,22H,8,11H2,1-3H3,(H,21,23). The Morgan fingerprint density at radius 3 is 2.50 bits per heavy atom. The van der Waals surface area contributed by atoms with Crippen LogP contribution in [0, 0.1) is 18.7 Å². The van der Waals surface area contributed by atoms with Crippen molar-refractivity contribution in [2.24, 2.45) is 5.92 Å². The summed E-state index contributed by atoms with van der Waals surface area (Å²) in [5, 5.41) is 2.71. The third-order valence-corrected chi connectivity index (χ3v) is 5.34. The lowest BCUT2D eigenvalue weighted by Crippen LogP contribution is -2.17. The molecule has 140 valence electrons. The van der Waals surface area contributed by atoms with Gasteiger partial charge in [-0.1, -0.05) is 32.0 Å². The normalized spacial score (nSPS) is 11.4. The molecule has 5 nitrogen and oxygen atoms in total. The van der Waals surface area contributed by atoms with Crippen molar-refractivity contribution >= 4 is 27.3 Å². The third-order valence-electron chi connectivity index (χ3n) is 3.83. The number of carbonyl (C=O) groups excluding carboxylic acids is 1. The van der Waals surface area contributed by atoms with E-state index in [0.29, 0.717) is 23.6 Å². The van der Waals surface area contributed by atoms with Gasteiger partial charge < -0.3 is 5.32 Å². The van der Waals surface area contributed by atoms with E-state index in [4.69, 9.17) is 0 Å². The molecule has 2 rings (SSSR count). The summed E-state index contributed by atoms with van der Waals surface area (Å²) in [6, 6.07) is 10.2. The molecule has 2 aromatic rings. The van der Waals surface area contributed by atoms with Gasteiger partial charge in [0.1, 0.15) is 5.82 Å². The second-order valence-corrected chi connectivity index (χ2v) is 8.20. The molecule has 7 heteroatoms. The van der Waals surface area contributed by atoms with E-state index in [2.05, 4.69) is 10.0 Å². The van der Waals surface area contributed by atoms with Crippen LogP contribution in [0.15, 0.2) is 47.4 Å². The molecule has 0 aliphatic carbocycles. The van der Waals surface area contributed by atoms with Crippen LogP contribution in [-0.2, 0) is 14.8 Å². The molecule has 26 heavy (non-hydrogen) atoms. The summed E-state index contributed by atoms with van der Waals surface area (Å²) in [6.45, 7) is 5.69. The van der Waals surface area contributed by atoms with Crippen molar-refractivity contribution in [3.8, 4) is 0 Å². The van der Waals surface area contributed by atoms with E-state index >= 15 is 0 Å². The van der Waals surface area contributed by atoms with Gasteiger partial charge in [-0.25, -0.2) is 12.8 Å². The summed E-state index contributed by atoms with van der Waals surface area (Å²) in [5.74, 6) is -0.431. The van der Waals surface area contributed by atoms with Crippen LogP contribution in [0.25, 0.3) is 0 Å². The molecule has 0 bridgehead atoms. The predicted molar refractivity (Wildman–Crippen MR) is 101 cm³/mol. The summed E-state index contributed by atoms with van der Waals surface area (Å²) in [7, 11) is -3.99.